The van der Waals surface area contributed by atoms with Gasteiger partial charge in [-0.15, -0.1) is 0 Å². The molecule has 0 saturated carbocycles. The molecule has 0 aromatic carbocycles. The third-order valence-electron chi connectivity index (χ3n) is 5.29. The van der Waals surface area contributed by atoms with Crippen molar-refractivity contribution in [2.24, 2.45) is 5.92 Å². The predicted octanol–water partition coefficient (Wildman–Crippen LogP) is 2.73. The van der Waals surface area contributed by atoms with E-state index >= 15 is 0 Å². The highest BCUT2D eigenvalue weighted by Crippen LogP contribution is 2.21. The van der Waals surface area contributed by atoms with E-state index in [1.54, 1.807) is 17.0 Å². The number of likely N-dealkylation sites (tertiary alicyclic amines) is 1. The van der Waals surface area contributed by atoms with E-state index in [-0.39, 0.29) is 5.56 Å². The Bertz CT molecular complexity index is 762. The summed E-state index contributed by atoms with van der Waals surface area (Å²) in [5.74, 6) is 1.20. The van der Waals surface area contributed by atoms with Gasteiger partial charge >= 0.3 is 0 Å². The Morgan fingerprint density at radius 2 is 2.08 bits per heavy atom. The first-order valence-corrected chi connectivity index (χ1v) is 9.42. The van der Waals surface area contributed by atoms with E-state index in [2.05, 4.69) is 34.0 Å². The lowest BCUT2D eigenvalue weighted by atomic mass is 9.93. The zero-order valence-electron chi connectivity index (χ0n) is 15.5. The fourth-order valence-corrected chi connectivity index (χ4v) is 3.67. The van der Waals surface area contributed by atoms with Crippen LogP contribution in [0.2, 0.25) is 0 Å². The highest BCUT2D eigenvalue weighted by molar-refractivity contribution is 5.75. The second kappa shape index (κ2) is 7.95. The van der Waals surface area contributed by atoms with Crippen LogP contribution in [-0.2, 0) is 6.54 Å². The average Bonchev–Trinajstić information content (AvgIpc) is 2.62. The van der Waals surface area contributed by atoms with E-state index in [4.69, 9.17) is 0 Å². The summed E-state index contributed by atoms with van der Waals surface area (Å²) in [7, 11) is 0. The minimum absolute atomic E-state index is 0.0578. The van der Waals surface area contributed by atoms with Gasteiger partial charge in [0.25, 0.3) is 5.56 Å². The van der Waals surface area contributed by atoms with Crippen LogP contribution in [0.5, 0.6) is 0 Å². The third kappa shape index (κ3) is 4.00. The van der Waals surface area contributed by atoms with Crippen molar-refractivity contribution in [3.05, 3.63) is 28.8 Å². The Labute approximate surface area is 149 Å². The average molecular weight is 343 g/mol. The van der Waals surface area contributed by atoms with E-state index in [0.29, 0.717) is 18.4 Å². The molecule has 6 nitrogen and oxygen atoms in total. The lowest BCUT2D eigenvalue weighted by Gasteiger charge is -2.34. The van der Waals surface area contributed by atoms with Crippen molar-refractivity contribution in [2.75, 3.05) is 25.0 Å². The second-order valence-electron chi connectivity index (χ2n) is 7.16. The molecule has 0 unspecified atom stereocenters. The van der Waals surface area contributed by atoms with Gasteiger partial charge in [0.1, 0.15) is 0 Å². The SMILES string of the molecule is CCn1c(=O)c(NCCC2CCN(C(C)C)CC2)nc2ccncc21. The molecule has 0 bridgehead atoms. The lowest BCUT2D eigenvalue weighted by Crippen LogP contribution is -2.38. The minimum atomic E-state index is -0.0578. The maximum absolute atomic E-state index is 12.6. The fourth-order valence-electron chi connectivity index (χ4n) is 3.67. The molecule has 1 N–H and O–H groups in total. The number of piperidine rings is 1. The minimum Gasteiger partial charge on any atom is -0.365 e. The van der Waals surface area contributed by atoms with E-state index in [9.17, 15) is 4.79 Å². The van der Waals surface area contributed by atoms with E-state index in [0.717, 1.165) is 29.9 Å². The number of nitrogens with zero attached hydrogens (tertiary/aromatic N) is 4. The summed E-state index contributed by atoms with van der Waals surface area (Å²) in [6.07, 6.45) is 7.00. The molecule has 1 fully saturated rings. The summed E-state index contributed by atoms with van der Waals surface area (Å²) in [4.78, 5) is 23.8. The molecule has 1 aliphatic heterocycles. The molecule has 0 aliphatic carbocycles. The molecular formula is C19H29N5O. The third-order valence-corrected chi connectivity index (χ3v) is 5.29. The number of pyridine rings is 1. The van der Waals surface area contributed by atoms with Gasteiger partial charge in [-0.05, 0) is 65.1 Å². The number of anilines is 1. The maximum Gasteiger partial charge on any atom is 0.293 e. The smallest absolute Gasteiger partial charge is 0.293 e. The number of hydrogen-bond donors (Lipinski definition) is 1. The molecule has 3 heterocycles. The van der Waals surface area contributed by atoms with Crippen LogP contribution in [0.4, 0.5) is 5.82 Å². The molecule has 0 amide bonds. The Kier molecular flexibility index (Phi) is 5.68. The molecule has 0 spiro atoms. The van der Waals surface area contributed by atoms with Crippen molar-refractivity contribution >= 4 is 16.9 Å². The zero-order valence-corrected chi connectivity index (χ0v) is 15.5. The van der Waals surface area contributed by atoms with Crippen LogP contribution in [-0.4, -0.2) is 45.1 Å². The Hall–Kier alpha value is -1.95. The van der Waals surface area contributed by atoms with E-state index in [1.807, 2.05) is 13.0 Å². The van der Waals surface area contributed by atoms with Gasteiger partial charge < -0.3 is 14.8 Å². The van der Waals surface area contributed by atoms with Gasteiger partial charge in [-0.2, -0.15) is 0 Å². The number of aryl methyl sites for hydroxylation is 1. The van der Waals surface area contributed by atoms with Crippen LogP contribution in [0, 0.1) is 5.92 Å². The van der Waals surface area contributed by atoms with Crippen LogP contribution in [0.25, 0.3) is 11.0 Å². The molecule has 1 saturated heterocycles. The number of aromatic nitrogens is 3. The first kappa shape index (κ1) is 17.9. The number of hydrogen-bond acceptors (Lipinski definition) is 5. The largest absolute Gasteiger partial charge is 0.365 e. The number of nitrogens with one attached hydrogen (secondary N) is 1. The van der Waals surface area contributed by atoms with Crippen molar-refractivity contribution in [2.45, 2.75) is 52.6 Å². The summed E-state index contributed by atoms with van der Waals surface area (Å²) in [6.45, 7) is 10.3. The van der Waals surface area contributed by atoms with E-state index < -0.39 is 0 Å². The normalized spacial score (nSPS) is 16.6. The van der Waals surface area contributed by atoms with Gasteiger partial charge in [-0.25, -0.2) is 4.98 Å². The first-order chi connectivity index (χ1) is 12.1. The van der Waals surface area contributed by atoms with Gasteiger partial charge in [-0.1, -0.05) is 0 Å². The molecule has 2 aromatic heterocycles. The molecule has 6 heteroatoms. The first-order valence-electron chi connectivity index (χ1n) is 9.42. The zero-order chi connectivity index (χ0) is 17.8. The quantitative estimate of drug-likeness (QED) is 0.874. The summed E-state index contributed by atoms with van der Waals surface area (Å²) in [6, 6.07) is 2.50. The Morgan fingerprint density at radius 1 is 1.32 bits per heavy atom. The number of rotatable bonds is 6. The van der Waals surface area contributed by atoms with Crippen molar-refractivity contribution in [3.8, 4) is 0 Å². The molecule has 136 valence electrons. The second-order valence-corrected chi connectivity index (χ2v) is 7.16. The van der Waals surface area contributed by atoms with Gasteiger partial charge in [0.05, 0.1) is 17.2 Å². The molecule has 0 atom stereocenters. The molecule has 2 aromatic rings. The highest BCUT2D eigenvalue weighted by Gasteiger charge is 2.20. The molecule has 1 aliphatic rings. The number of fused-ring (bicyclic) bond motifs is 1. The topological polar surface area (TPSA) is 63.1 Å². The predicted molar refractivity (Wildman–Crippen MR) is 102 cm³/mol. The standard InChI is InChI=1S/C19H29N5O/c1-4-24-17-13-20-9-6-16(17)22-18(19(24)25)21-10-5-15-7-11-23(12-8-15)14(2)3/h6,9,13-15H,4-5,7-8,10-12H2,1-3H3,(H,21,22). The molecule has 0 radical (unpaired) electrons. The van der Waals surface area contributed by atoms with Crippen LogP contribution in [0.3, 0.4) is 0 Å². The molecule has 25 heavy (non-hydrogen) atoms. The van der Waals surface area contributed by atoms with Gasteiger partial charge in [-0.3, -0.25) is 9.78 Å². The van der Waals surface area contributed by atoms with Crippen LogP contribution >= 0.6 is 0 Å². The van der Waals surface area contributed by atoms with Crippen molar-refractivity contribution in [1.82, 2.24) is 19.4 Å². The highest BCUT2D eigenvalue weighted by atomic mass is 16.1. The summed E-state index contributed by atoms with van der Waals surface area (Å²) in [5.41, 5.74) is 1.54. The van der Waals surface area contributed by atoms with Crippen LogP contribution < -0.4 is 10.9 Å². The summed E-state index contributed by atoms with van der Waals surface area (Å²) in [5, 5.41) is 3.28. The van der Waals surface area contributed by atoms with Gasteiger partial charge in [0.2, 0.25) is 0 Å². The van der Waals surface area contributed by atoms with Crippen LogP contribution in [0.15, 0.2) is 23.3 Å². The maximum atomic E-state index is 12.6. The van der Waals surface area contributed by atoms with Gasteiger partial charge in [0.15, 0.2) is 5.82 Å². The van der Waals surface area contributed by atoms with Crippen LogP contribution in [0.1, 0.15) is 40.0 Å². The Morgan fingerprint density at radius 3 is 2.76 bits per heavy atom. The monoisotopic (exact) mass is 343 g/mol. The van der Waals surface area contributed by atoms with E-state index in [1.165, 1.54) is 25.9 Å². The van der Waals surface area contributed by atoms with Crippen molar-refractivity contribution < 1.29 is 0 Å². The molecule has 3 rings (SSSR count). The van der Waals surface area contributed by atoms with Gasteiger partial charge in [0, 0.05) is 25.3 Å². The summed E-state index contributed by atoms with van der Waals surface area (Å²) >= 11 is 0. The van der Waals surface area contributed by atoms with Crippen molar-refractivity contribution in [1.29, 1.82) is 0 Å². The summed E-state index contributed by atoms with van der Waals surface area (Å²) < 4.78 is 1.73. The molecular weight excluding hydrogens is 314 g/mol. The lowest BCUT2D eigenvalue weighted by molar-refractivity contribution is 0.147. The fraction of sp³-hybridized carbons (Fsp3) is 0.632. The van der Waals surface area contributed by atoms with Crippen molar-refractivity contribution in [3.63, 3.8) is 0 Å². The Balaban J connectivity index is 1.62.